The van der Waals surface area contributed by atoms with E-state index in [9.17, 15) is 9.59 Å². The maximum atomic E-state index is 11.8. The van der Waals surface area contributed by atoms with Crippen LogP contribution in [0.2, 0.25) is 0 Å². The molecule has 2 N–H and O–H groups in total. The largest absolute Gasteiger partial charge is 0.462 e. The van der Waals surface area contributed by atoms with Crippen molar-refractivity contribution >= 4 is 18.1 Å². The molecule has 0 saturated heterocycles. The quantitative estimate of drug-likeness (QED) is 0.790. The Bertz CT molecular complexity index is 752. The minimum Gasteiger partial charge on any atom is -0.462 e. The number of carbonyl (C=O) groups excluding carboxylic acids is 2. The molecule has 130 valence electrons. The average Bonchev–Trinajstić information content (AvgIpc) is 2.62. The summed E-state index contributed by atoms with van der Waals surface area (Å²) in [5.41, 5.74) is 3.59. The molecule has 0 spiro atoms. The lowest BCUT2D eigenvalue weighted by Crippen LogP contribution is -2.31. The number of carbonyl (C=O) groups is 2. The number of aryl methyl sites for hydroxylation is 1. The van der Waals surface area contributed by atoms with Crippen LogP contribution in [0.5, 0.6) is 0 Å². The molecule has 0 aliphatic carbocycles. The molecule has 0 bridgehead atoms. The van der Waals surface area contributed by atoms with Gasteiger partial charge in [-0.05, 0) is 48.7 Å². The zero-order chi connectivity index (χ0) is 18.1. The van der Waals surface area contributed by atoms with Gasteiger partial charge in [0.25, 0.3) is 0 Å². The summed E-state index contributed by atoms with van der Waals surface area (Å²) in [5.74, 6) is -0.346. The van der Waals surface area contributed by atoms with Gasteiger partial charge in [0.15, 0.2) is 0 Å². The molecular weight excluding hydrogens is 316 g/mol. The minimum atomic E-state index is -0.346. The lowest BCUT2D eigenvalue weighted by Gasteiger charge is -2.06. The van der Waals surface area contributed by atoms with Crippen molar-refractivity contribution < 1.29 is 14.3 Å². The van der Waals surface area contributed by atoms with Crippen LogP contribution in [-0.2, 0) is 11.3 Å². The van der Waals surface area contributed by atoms with Crippen molar-refractivity contribution in [2.24, 2.45) is 0 Å². The second-order valence-corrected chi connectivity index (χ2v) is 5.43. The standard InChI is InChI=1S/C20H22N2O3/c1-3-25-19(23)18-10-8-16(9-11-18)14-22-20(24)21-13-12-17-7-5-4-6-15(17)2/h4-13H,3,14H2,1-2H3,(H2,21,22,24)/b13-12+. The molecule has 2 aromatic rings. The summed E-state index contributed by atoms with van der Waals surface area (Å²) < 4.78 is 4.93. The topological polar surface area (TPSA) is 67.4 Å². The lowest BCUT2D eigenvalue weighted by molar-refractivity contribution is 0.0526. The fourth-order valence-corrected chi connectivity index (χ4v) is 2.19. The van der Waals surface area contributed by atoms with Crippen molar-refractivity contribution in [3.8, 4) is 0 Å². The van der Waals surface area contributed by atoms with Gasteiger partial charge < -0.3 is 15.4 Å². The van der Waals surface area contributed by atoms with E-state index in [4.69, 9.17) is 4.74 Å². The van der Waals surface area contributed by atoms with E-state index in [1.54, 1.807) is 37.4 Å². The third-order valence-electron chi connectivity index (χ3n) is 3.58. The second kappa shape index (κ2) is 9.27. The second-order valence-electron chi connectivity index (χ2n) is 5.43. The molecule has 0 heterocycles. The molecule has 0 saturated carbocycles. The molecule has 25 heavy (non-hydrogen) atoms. The van der Waals surface area contributed by atoms with Gasteiger partial charge in [-0.1, -0.05) is 36.4 Å². The number of ether oxygens (including phenoxy) is 1. The zero-order valence-electron chi connectivity index (χ0n) is 14.4. The Morgan fingerprint density at radius 2 is 1.80 bits per heavy atom. The van der Waals surface area contributed by atoms with Crippen LogP contribution in [0.4, 0.5) is 4.79 Å². The number of esters is 1. The fourth-order valence-electron chi connectivity index (χ4n) is 2.19. The Kier molecular flexibility index (Phi) is 6.77. The molecule has 0 atom stereocenters. The van der Waals surface area contributed by atoms with E-state index < -0.39 is 0 Å². The van der Waals surface area contributed by atoms with E-state index in [0.717, 1.165) is 16.7 Å². The Morgan fingerprint density at radius 3 is 2.48 bits per heavy atom. The first-order valence-electron chi connectivity index (χ1n) is 8.12. The molecule has 2 rings (SSSR count). The summed E-state index contributed by atoms with van der Waals surface area (Å²) in [4.78, 5) is 23.4. The first-order chi connectivity index (χ1) is 12.1. The maximum absolute atomic E-state index is 11.8. The van der Waals surface area contributed by atoms with Crippen molar-refractivity contribution in [3.63, 3.8) is 0 Å². The normalized spacial score (nSPS) is 10.5. The number of hydrogen-bond acceptors (Lipinski definition) is 3. The van der Waals surface area contributed by atoms with E-state index in [0.29, 0.717) is 18.7 Å². The molecule has 2 aromatic carbocycles. The van der Waals surface area contributed by atoms with Gasteiger partial charge in [-0.2, -0.15) is 0 Å². The summed E-state index contributed by atoms with van der Waals surface area (Å²) in [6.07, 6.45) is 3.46. The number of benzene rings is 2. The van der Waals surface area contributed by atoms with Gasteiger partial charge in [0.2, 0.25) is 0 Å². The van der Waals surface area contributed by atoms with Gasteiger partial charge >= 0.3 is 12.0 Å². The van der Waals surface area contributed by atoms with Gasteiger partial charge in [-0.15, -0.1) is 0 Å². The number of urea groups is 1. The van der Waals surface area contributed by atoms with Crippen LogP contribution in [0, 0.1) is 6.92 Å². The Hall–Kier alpha value is -3.08. The highest BCUT2D eigenvalue weighted by molar-refractivity contribution is 5.89. The Balaban J connectivity index is 1.80. The molecule has 0 aromatic heterocycles. The number of hydrogen-bond donors (Lipinski definition) is 2. The van der Waals surface area contributed by atoms with Crippen molar-refractivity contribution in [3.05, 3.63) is 77.0 Å². The molecule has 0 aliphatic heterocycles. The summed E-state index contributed by atoms with van der Waals surface area (Å²) in [6.45, 7) is 4.49. The smallest absolute Gasteiger partial charge is 0.338 e. The maximum Gasteiger partial charge on any atom is 0.338 e. The number of amides is 2. The van der Waals surface area contributed by atoms with Crippen molar-refractivity contribution in [1.82, 2.24) is 10.6 Å². The van der Waals surface area contributed by atoms with E-state index in [-0.39, 0.29) is 12.0 Å². The van der Waals surface area contributed by atoms with E-state index in [2.05, 4.69) is 10.6 Å². The highest BCUT2D eigenvalue weighted by Crippen LogP contribution is 2.08. The summed E-state index contributed by atoms with van der Waals surface area (Å²) in [7, 11) is 0. The molecule has 0 unspecified atom stereocenters. The van der Waals surface area contributed by atoms with Gasteiger partial charge in [-0.25, -0.2) is 9.59 Å². The SMILES string of the molecule is CCOC(=O)c1ccc(CNC(=O)N/C=C/c2ccccc2C)cc1. The highest BCUT2D eigenvalue weighted by Gasteiger charge is 2.06. The Morgan fingerprint density at radius 1 is 1.08 bits per heavy atom. The molecule has 0 radical (unpaired) electrons. The van der Waals surface area contributed by atoms with Crippen molar-refractivity contribution in [2.75, 3.05) is 6.61 Å². The van der Waals surface area contributed by atoms with E-state index >= 15 is 0 Å². The van der Waals surface area contributed by atoms with Crippen LogP contribution in [0.1, 0.15) is 34.0 Å². The lowest BCUT2D eigenvalue weighted by atomic mass is 10.1. The van der Waals surface area contributed by atoms with Crippen molar-refractivity contribution in [1.29, 1.82) is 0 Å². The predicted molar refractivity (Wildman–Crippen MR) is 98.0 cm³/mol. The Labute approximate surface area is 147 Å². The van der Waals surface area contributed by atoms with Crippen LogP contribution in [0.15, 0.2) is 54.7 Å². The monoisotopic (exact) mass is 338 g/mol. The third kappa shape index (κ3) is 5.80. The molecule has 2 amide bonds. The first-order valence-corrected chi connectivity index (χ1v) is 8.12. The van der Waals surface area contributed by atoms with Gasteiger partial charge in [0.05, 0.1) is 12.2 Å². The molecule has 0 fully saturated rings. The van der Waals surface area contributed by atoms with Crippen LogP contribution in [0.25, 0.3) is 6.08 Å². The van der Waals surface area contributed by atoms with Crippen molar-refractivity contribution in [2.45, 2.75) is 20.4 Å². The fraction of sp³-hybridized carbons (Fsp3) is 0.200. The van der Waals surface area contributed by atoms with Crippen LogP contribution in [-0.4, -0.2) is 18.6 Å². The first kappa shape index (κ1) is 18.3. The summed E-state index contributed by atoms with van der Waals surface area (Å²) in [6, 6.07) is 14.6. The number of nitrogens with one attached hydrogen (secondary N) is 2. The van der Waals surface area contributed by atoms with Crippen LogP contribution < -0.4 is 10.6 Å². The van der Waals surface area contributed by atoms with Gasteiger partial charge in [-0.3, -0.25) is 0 Å². The third-order valence-corrected chi connectivity index (χ3v) is 3.58. The van der Waals surface area contributed by atoms with Crippen LogP contribution in [0.3, 0.4) is 0 Å². The molecular formula is C20H22N2O3. The average molecular weight is 338 g/mol. The van der Waals surface area contributed by atoms with E-state index in [1.807, 2.05) is 37.3 Å². The molecule has 5 heteroatoms. The number of rotatable bonds is 6. The van der Waals surface area contributed by atoms with E-state index in [1.165, 1.54) is 0 Å². The summed E-state index contributed by atoms with van der Waals surface area (Å²) >= 11 is 0. The predicted octanol–water partition coefficient (Wildman–Crippen LogP) is 3.64. The van der Waals surface area contributed by atoms with Gasteiger partial charge in [0.1, 0.15) is 0 Å². The molecule has 5 nitrogen and oxygen atoms in total. The highest BCUT2D eigenvalue weighted by atomic mass is 16.5. The summed E-state index contributed by atoms with van der Waals surface area (Å²) in [5, 5.41) is 5.43. The zero-order valence-corrected chi connectivity index (χ0v) is 14.4. The van der Waals surface area contributed by atoms with Gasteiger partial charge in [0, 0.05) is 12.7 Å². The van der Waals surface area contributed by atoms with Crippen LogP contribution >= 0.6 is 0 Å². The minimum absolute atomic E-state index is 0.292. The molecule has 0 aliphatic rings.